The number of nitro groups is 1. The molecule has 0 spiro atoms. The summed E-state index contributed by atoms with van der Waals surface area (Å²) in [6, 6.07) is 4.32. The summed E-state index contributed by atoms with van der Waals surface area (Å²) in [7, 11) is 1.42. The minimum atomic E-state index is -0.865. The Morgan fingerprint density at radius 1 is 1.42 bits per heavy atom. The van der Waals surface area contributed by atoms with Crippen LogP contribution in [0.2, 0.25) is 0 Å². The molecule has 104 valence electrons. The van der Waals surface area contributed by atoms with Gasteiger partial charge in [-0.15, -0.1) is 0 Å². The van der Waals surface area contributed by atoms with E-state index in [4.69, 9.17) is 14.6 Å². The van der Waals surface area contributed by atoms with E-state index in [9.17, 15) is 14.9 Å². The van der Waals surface area contributed by atoms with Gasteiger partial charge in [0.05, 0.1) is 24.7 Å². The summed E-state index contributed by atoms with van der Waals surface area (Å²) < 4.78 is 10.2. The molecule has 0 radical (unpaired) electrons. The van der Waals surface area contributed by atoms with Crippen molar-refractivity contribution in [1.29, 1.82) is 0 Å². The van der Waals surface area contributed by atoms with Gasteiger partial charge in [-0.2, -0.15) is 0 Å². The topological polar surface area (TPSA) is 98.9 Å². The number of aliphatic carboxylic acids is 1. The van der Waals surface area contributed by atoms with E-state index in [1.807, 2.05) is 0 Å². The third kappa shape index (κ3) is 4.82. The van der Waals surface area contributed by atoms with Crippen molar-refractivity contribution < 1.29 is 24.3 Å². The third-order valence-electron chi connectivity index (χ3n) is 2.41. The second kappa shape index (κ2) is 7.20. The van der Waals surface area contributed by atoms with Crippen molar-refractivity contribution in [3.63, 3.8) is 0 Å². The number of hydrogen-bond acceptors (Lipinski definition) is 5. The third-order valence-corrected chi connectivity index (χ3v) is 2.41. The molecule has 0 aliphatic rings. The Morgan fingerprint density at radius 2 is 2.16 bits per heavy atom. The summed E-state index contributed by atoms with van der Waals surface area (Å²) >= 11 is 0. The van der Waals surface area contributed by atoms with Crippen LogP contribution in [-0.2, 0) is 4.79 Å². The van der Waals surface area contributed by atoms with E-state index < -0.39 is 10.9 Å². The van der Waals surface area contributed by atoms with Crippen molar-refractivity contribution in [3.8, 4) is 11.5 Å². The Morgan fingerprint density at radius 3 is 2.74 bits per heavy atom. The fraction of sp³-hybridized carbons (Fsp3) is 0.417. The maximum Gasteiger partial charge on any atom is 0.314 e. The van der Waals surface area contributed by atoms with Crippen LogP contribution >= 0.6 is 0 Å². The normalized spacial score (nSPS) is 9.95. The molecule has 0 unspecified atom stereocenters. The number of ether oxygens (including phenoxy) is 2. The molecule has 7 nitrogen and oxygen atoms in total. The Kier molecular flexibility index (Phi) is 5.59. The molecule has 7 heteroatoms. The minimum absolute atomic E-state index is 0.0636. The maximum atomic E-state index is 10.9. The van der Waals surface area contributed by atoms with Crippen molar-refractivity contribution in [2.45, 2.75) is 19.3 Å². The van der Waals surface area contributed by atoms with E-state index in [1.54, 1.807) is 6.07 Å². The summed E-state index contributed by atoms with van der Waals surface area (Å²) in [4.78, 5) is 20.6. The van der Waals surface area contributed by atoms with Gasteiger partial charge in [-0.25, -0.2) is 0 Å². The van der Waals surface area contributed by atoms with Crippen LogP contribution in [-0.4, -0.2) is 29.7 Å². The predicted molar refractivity (Wildman–Crippen MR) is 66.6 cm³/mol. The van der Waals surface area contributed by atoms with E-state index in [0.717, 1.165) is 0 Å². The molecule has 0 heterocycles. The smallest absolute Gasteiger partial charge is 0.314 e. The van der Waals surface area contributed by atoms with Crippen LogP contribution in [0.5, 0.6) is 11.5 Å². The van der Waals surface area contributed by atoms with Gasteiger partial charge < -0.3 is 14.6 Å². The summed E-state index contributed by atoms with van der Waals surface area (Å²) in [6.45, 7) is 0.237. The van der Waals surface area contributed by atoms with Gasteiger partial charge in [-0.05, 0) is 25.0 Å². The molecule has 0 amide bonds. The first kappa shape index (κ1) is 14.7. The lowest BCUT2D eigenvalue weighted by molar-refractivity contribution is -0.385. The van der Waals surface area contributed by atoms with Gasteiger partial charge in [-0.1, -0.05) is 0 Å². The summed E-state index contributed by atoms with van der Waals surface area (Å²) in [6.07, 6.45) is 1.06. The van der Waals surface area contributed by atoms with E-state index >= 15 is 0 Å². The Labute approximate surface area is 109 Å². The van der Waals surface area contributed by atoms with Crippen molar-refractivity contribution in [3.05, 3.63) is 28.3 Å². The molecular weight excluding hydrogens is 254 g/mol. The fourth-order valence-corrected chi connectivity index (χ4v) is 1.45. The maximum absolute atomic E-state index is 10.9. The summed E-state index contributed by atoms with van der Waals surface area (Å²) in [5, 5.41) is 19.3. The van der Waals surface area contributed by atoms with Crippen LogP contribution in [0.25, 0.3) is 0 Å². The molecule has 0 aromatic heterocycles. The van der Waals surface area contributed by atoms with Gasteiger partial charge in [0.1, 0.15) is 5.75 Å². The fourth-order valence-electron chi connectivity index (χ4n) is 1.45. The van der Waals surface area contributed by atoms with E-state index in [2.05, 4.69) is 0 Å². The summed E-state index contributed by atoms with van der Waals surface area (Å²) in [5.41, 5.74) is -0.169. The van der Waals surface area contributed by atoms with Gasteiger partial charge in [0, 0.05) is 6.42 Å². The monoisotopic (exact) mass is 269 g/mol. The number of carboxylic acid groups (broad SMARTS) is 1. The average Bonchev–Trinajstić information content (AvgIpc) is 2.38. The first-order valence-electron chi connectivity index (χ1n) is 5.71. The Bertz CT molecular complexity index is 460. The number of methoxy groups -OCH3 is 1. The number of nitrogens with zero attached hydrogens (tertiary/aromatic N) is 1. The lowest BCUT2D eigenvalue weighted by Gasteiger charge is -2.07. The zero-order valence-corrected chi connectivity index (χ0v) is 10.5. The SMILES string of the molecule is COc1ccc(OCCCCC(=O)O)c([N+](=O)[O-])c1. The predicted octanol–water partition coefficient (Wildman–Crippen LogP) is 2.24. The molecule has 0 saturated heterocycles. The van der Waals surface area contributed by atoms with Gasteiger partial charge in [-0.3, -0.25) is 14.9 Å². The van der Waals surface area contributed by atoms with Gasteiger partial charge in [0.25, 0.3) is 0 Å². The number of hydrogen-bond donors (Lipinski definition) is 1. The van der Waals surface area contributed by atoms with Crippen molar-refractivity contribution >= 4 is 11.7 Å². The van der Waals surface area contributed by atoms with E-state index in [-0.39, 0.29) is 24.5 Å². The lowest BCUT2D eigenvalue weighted by atomic mass is 10.2. The molecule has 1 N–H and O–H groups in total. The molecule has 0 atom stereocenters. The van der Waals surface area contributed by atoms with Gasteiger partial charge >= 0.3 is 11.7 Å². The number of carbonyl (C=O) groups is 1. The highest BCUT2D eigenvalue weighted by Crippen LogP contribution is 2.31. The van der Waals surface area contributed by atoms with Crippen LogP contribution in [0.4, 0.5) is 5.69 Å². The van der Waals surface area contributed by atoms with E-state index in [1.165, 1.54) is 19.2 Å². The van der Waals surface area contributed by atoms with Crippen molar-refractivity contribution in [2.24, 2.45) is 0 Å². The standard InChI is InChI=1S/C12H15NO6/c1-18-9-5-6-11(10(8-9)13(16)17)19-7-3-2-4-12(14)15/h5-6,8H,2-4,7H2,1H3,(H,14,15). The molecule has 1 aromatic carbocycles. The molecule has 1 aromatic rings. The zero-order chi connectivity index (χ0) is 14.3. The minimum Gasteiger partial charge on any atom is -0.496 e. The van der Waals surface area contributed by atoms with Crippen LogP contribution in [0.3, 0.4) is 0 Å². The zero-order valence-electron chi connectivity index (χ0n) is 10.5. The highest BCUT2D eigenvalue weighted by atomic mass is 16.6. The van der Waals surface area contributed by atoms with Crippen molar-refractivity contribution in [1.82, 2.24) is 0 Å². The van der Waals surface area contributed by atoms with E-state index in [0.29, 0.717) is 18.6 Å². The van der Waals surface area contributed by atoms with Gasteiger partial charge in [0.2, 0.25) is 0 Å². The number of carboxylic acids is 1. The number of nitro benzene ring substituents is 1. The largest absolute Gasteiger partial charge is 0.496 e. The molecule has 0 saturated carbocycles. The Balaban J connectivity index is 2.57. The van der Waals surface area contributed by atoms with Crippen LogP contribution in [0, 0.1) is 10.1 Å². The molecule has 0 aliphatic carbocycles. The second-order valence-electron chi connectivity index (χ2n) is 3.79. The first-order valence-corrected chi connectivity index (χ1v) is 5.71. The summed E-state index contributed by atoms with van der Waals surface area (Å²) in [5.74, 6) is -0.332. The lowest BCUT2D eigenvalue weighted by Crippen LogP contribution is -2.02. The molecule has 0 fully saturated rings. The quantitative estimate of drug-likeness (QED) is 0.441. The van der Waals surface area contributed by atoms with Crippen LogP contribution < -0.4 is 9.47 Å². The molecule has 0 aliphatic heterocycles. The highest BCUT2D eigenvalue weighted by molar-refractivity contribution is 5.66. The molecular formula is C12H15NO6. The number of rotatable bonds is 8. The van der Waals surface area contributed by atoms with Crippen LogP contribution in [0.1, 0.15) is 19.3 Å². The molecule has 1 rings (SSSR count). The number of benzene rings is 1. The first-order chi connectivity index (χ1) is 9.04. The molecule has 0 bridgehead atoms. The van der Waals surface area contributed by atoms with Gasteiger partial charge in [0.15, 0.2) is 5.75 Å². The highest BCUT2D eigenvalue weighted by Gasteiger charge is 2.16. The average molecular weight is 269 g/mol. The van der Waals surface area contributed by atoms with Crippen LogP contribution in [0.15, 0.2) is 18.2 Å². The van der Waals surface area contributed by atoms with Crippen molar-refractivity contribution in [2.75, 3.05) is 13.7 Å². The second-order valence-corrected chi connectivity index (χ2v) is 3.79. The number of unbranched alkanes of at least 4 members (excludes halogenated alkanes) is 1. The Hall–Kier alpha value is -2.31. The molecule has 19 heavy (non-hydrogen) atoms.